The van der Waals surface area contributed by atoms with Crippen molar-refractivity contribution < 1.29 is 20.1 Å². The van der Waals surface area contributed by atoms with Gasteiger partial charge in [-0.3, -0.25) is 4.79 Å². The third kappa shape index (κ3) is 5.27. The Bertz CT molecular complexity index is 500. The number of hydrogen-bond donors (Lipinski definition) is 3. The van der Waals surface area contributed by atoms with Gasteiger partial charge in [-0.2, -0.15) is 0 Å². The van der Waals surface area contributed by atoms with Crippen molar-refractivity contribution in [2.24, 2.45) is 5.11 Å². The van der Waals surface area contributed by atoms with Gasteiger partial charge in [0.25, 0.3) is 0 Å². The van der Waals surface area contributed by atoms with E-state index < -0.39 is 18.2 Å². The number of rotatable bonds is 8. The first-order valence-electron chi connectivity index (χ1n) is 6.22. The summed E-state index contributed by atoms with van der Waals surface area (Å²) in [6, 6.07) is 6.80. The van der Waals surface area contributed by atoms with Crippen LogP contribution >= 0.6 is 0 Å². The molecule has 7 heteroatoms. The van der Waals surface area contributed by atoms with Crippen molar-refractivity contribution in [3.8, 4) is 0 Å². The van der Waals surface area contributed by atoms with Crippen molar-refractivity contribution in [3.63, 3.8) is 0 Å². The summed E-state index contributed by atoms with van der Waals surface area (Å²) in [5.41, 5.74) is 9.44. The summed E-state index contributed by atoms with van der Waals surface area (Å²) < 4.78 is 0. The normalized spacial score (nSPS) is 13.3. The van der Waals surface area contributed by atoms with E-state index in [2.05, 4.69) is 10.0 Å². The van der Waals surface area contributed by atoms with Crippen LogP contribution in [0.5, 0.6) is 0 Å². The largest absolute Gasteiger partial charge is 0.481 e. The monoisotopic (exact) mass is 279 g/mol. The minimum Gasteiger partial charge on any atom is -0.481 e. The molecule has 7 nitrogen and oxygen atoms in total. The first-order chi connectivity index (χ1) is 9.54. The predicted molar refractivity (Wildman–Crippen MR) is 72.0 cm³/mol. The molecule has 0 saturated heterocycles. The van der Waals surface area contributed by atoms with Crippen LogP contribution < -0.4 is 0 Å². The first kappa shape index (κ1) is 16.0. The van der Waals surface area contributed by atoms with Crippen molar-refractivity contribution in [3.05, 3.63) is 45.8 Å². The van der Waals surface area contributed by atoms with E-state index in [1.54, 1.807) is 24.3 Å². The Morgan fingerprint density at radius 2 is 2.15 bits per heavy atom. The smallest absolute Gasteiger partial charge is 0.303 e. The van der Waals surface area contributed by atoms with Gasteiger partial charge in [0.2, 0.25) is 0 Å². The summed E-state index contributed by atoms with van der Waals surface area (Å²) in [7, 11) is 0. The van der Waals surface area contributed by atoms with E-state index in [1.807, 2.05) is 0 Å². The van der Waals surface area contributed by atoms with Crippen LogP contribution in [-0.4, -0.2) is 33.9 Å². The number of aryl methyl sites for hydroxylation is 1. The molecule has 2 unspecified atom stereocenters. The number of azide groups is 1. The second-order valence-electron chi connectivity index (χ2n) is 4.39. The van der Waals surface area contributed by atoms with Gasteiger partial charge < -0.3 is 15.3 Å². The maximum absolute atomic E-state index is 10.5. The fourth-order valence-corrected chi connectivity index (χ4v) is 1.80. The van der Waals surface area contributed by atoms with Gasteiger partial charge in [0, 0.05) is 17.9 Å². The summed E-state index contributed by atoms with van der Waals surface area (Å²) in [6.07, 6.45) is -1.59. The highest BCUT2D eigenvalue weighted by molar-refractivity contribution is 5.67. The zero-order valence-electron chi connectivity index (χ0n) is 10.9. The van der Waals surface area contributed by atoms with E-state index in [0.717, 1.165) is 5.56 Å². The van der Waals surface area contributed by atoms with Crippen molar-refractivity contribution in [2.75, 3.05) is 6.54 Å². The molecule has 1 aromatic carbocycles. The summed E-state index contributed by atoms with van der Waals surface area (Å²) in [4.78, 5) is 13.1. The fourth-order valence-electron chi connectivity index (χ4n) is 1.80. The average molecular weight is 279 g/mol. The molecule has 108 valence electrons. The fraction of sp³-hybridized carbons (Fsp3) is 0.462. The van der Waals surface area contributed by atoms with E-state index in [1.165, 1.54) is 0 Å². The van der Waals surface area contributed by atoms with Crippen LogP contribution in [-0.2, 0) is 11.2 Å². The predicted octanol–water partition coefficient (Wildman–Crippen LogP) is 1.80. The van der Waals surface area contributed by atoms with E-state index in [-0.39, 0.29) is 19.4 Å². The summed E-state index contributed by atoms with van der Waals surface area (Å²) >= 11 is 0. The Hall–Kier alpha value is -2.08. The Morgan fingerprint density at radius 1 is 1.40 bits per heavy atom. The van der Waals surface area contributed by atoms with Gasteiger partial charge in [0.05, 0.1) is 6.10 Å². The highest BCUT2D eigenvalue weighted by Gasteiger charge is 2.18. The SMILES string of the molecule is [N-]=[N+]=NCCC(O)C(O)c1cccc(CCC(=O)O)c1. The molecule has 0 aromatic heterocycles. The molecular weight excluding hydrogens is 262 g/mol. The second-order valence-corrected chi connectivity index (χ2v) is 4.39. The Balaban J connectivity index is 2.67. The lowest BCUT2D eigenvalue weighted by Gasteiger charge is -2.18. The minimum atomic E-state index is -1.09. The van der Waals surface area contributed by atoms with E-state index in [4.69, 9.17) is 10.6 Å². The molecule has 0 saturated carbocycles. The lowest BCUT2D eigenvalue weighted by molar-refractivity contribution is -0.136. The molecule has 0 amide bonds. The molecule has 0 aliphatic carbocycles. The Labute approximate surface area is 116 Å². The Morgan fingerprint density at radius 3 is 2.80 bits per heavy atom. The van der Waals surface area contributed by atoms with Crippen molar-refractivity contribution in [1.82, 2.24) is 0 Å². The van der Waals surface area contributed by atoms with Crippen LogP contribution in [0.1, 0.15) is 30.1 Å². The van der Waals surface area contributed by atoms with Crippen molar-refractivity contribution in [1.29, 1.82) is 0 Å². The van der Waals surface area contributed by atoms with Gasteiger partial charge in [-0.1, -0.05) is 29.4 Å². The molecule has 0 bridgehead atoms. The lowest BCUT2D eigenvalue weighted by atomic mass is 9.98. The number of benzene rings is 1. The van der Waals surface area contributed by atoms with Crippen LogP contribution in [0, 0.1) is 0 Å². The second kappa shape index (κ2) is 8.16. The summed E-state index contributed by atoms with van der Waals surface area (Å²) in [5, 5.41) is 31.7. The molecule has 0 radical (unpaired) electrons. The number of nitrogens with zero attached hydrogens (tertiary/aromatic N) is 3. The van der Waals surface area contributed by atoms with E-state index in [0.29, 0.717) is 12.0 Å². The standard InChI is InChI=1S/C13H17N3O4/c14-16-15-7-6-11(17)13(20)10-3-1-2-9(8-10)4-5-12(18)19/h1-3,8,11,13,17,20H,4-7H2,(H,18,19). The topological polar surface area (TPSA) is 127 Å². The van der Waals surface area contributed by atoms with Gasteiger partial charge in [-0.05, 0) is 29.5 Å². The van der Waals surface area contributed by atoms with Gasteiger partial charge in [0.15, 0.2) is 0 Å². The number of aliphatic hydroxyl groups excluding tert-OH is 2. The number of carboxylic acids is 1. The zero-order valence-corrected chi connectivity index (χ0v) is 10.9. The van der Waals surface area contributed by atoms with Gasteiger partial charge in [-0.25, -0.2) is 0 Å². The molecular formula is C13H17N3O4. The van der Waals surface area contributed by atoms with Crippen LogP contribution in [0.15, 0.2) is 29.4 Å². The quantitative estimate of drug-likeness (QED) is 0.381. The van der Waals surface area contributed by atoms with Crippen LogP contribution in [0.4, 0.5) is 0 Å². The van der Waals surface area contributed by atoms with E-state index in [9.17, 15) is 15.0 Å². The number of carbonyl (C=O) groups is 1. The van der Waals surface area contributed by atoms with Gasteiger partial charge in [-0.15, -0.1) is 0 Å². The molecule has 0 aliphatic rings. The lowest BCUT2D eigenvalue weighted by Crippen LogP contribution is -2.19. The maximum atomic E-state index is 10.5. The molecule has 0 aliphatic heterocycles. The molecule has 20 heavy (non-hydrogen) atoms. The molecule has 1 rings (SSSR count). The van der Waals surface area contributed by atoms with Crippen LogP contribution in [0.2, 0.25) is 0 Å². The van der Waals surface area contributed by atoms with Gasteiger partial charge in [0.1, 0.15) is 6.10 Å². The van der Waals surface area contributed by atoms with Crippen molar-refractivity contribution in [2.45, 2.75) is 31.5 Å². The molecule has 0 fully saturated rings. The highest BCUT2D eigenvalue weighted by atomic mass is 16.4. The third-order valence-corrected chi connectivity index (χ3v) is 2.87. The molecule has 0 heterocycles. The molecule has 0 spiro atoms. The highest BCUT2D eigenvalue weighted by Crippen LogP contribution is 2.20. The van der Waals surface area contributed by atoms with Crippen LogP contribution in [0.25, 0.3) is 10.4 Å². The van der Waals surface area contributed by atoms with Gasteiger partial charge >= 0.3 is 5.97 Å². The summed E-state index contributed by atoms with van der Waals surface area (Å²) in [5.74, 6) is -0.884. The Kier molecular flexibility index (Phi) is 6.52. The van der Waals surface area contributed by atoms with E-state index >= 15 is 0 Å². The third-order valence-electron chi connectivity index (χ3n) is 2.87. The zero-order chi connectivity index (χ0) is 15.0. The first-order valence-corrected chi connectivity index (χ1v) is 6.22. The maximum Gasteiger partial charge on any atom is 0.303 e. The average Bonchev–Trinajstić information content (AvgIpc) is 2.44. The molecule has 1 aromatic rings. The number of aliphatic carboxylic acids is 1. The number of hydrogen-bond acceptors (Lipinski definition) is 4. The van der Waals surface area contributed by atoms with Crippen LogP contribution in [0.3, 0.4) is 0 Å². The van der Waals surface area contributed by atoms with Crippen molar-refractivity contribution >= 4 is 5.97 Å². The number of carboxylic acid groups (broad SMARTS) is 1. The molecule has 3 N–H and O–H groups in total. The summed E-state index contributed by atoms with van der Waals surface area (Å²) in [6.45, 7) is 0.105. The number of aliphatic hydroxyl groups is 2. The molecule has 2 atom stereocenters. The minimum absolute atomic E-state index is 0.0129.